The van der Waals surface area contributed by atoms with E-state index in [9.17, 15) is 0 Å². The van der Waals surface area contributed by atoms with Crippen molar-refractivity contribution in [1.82, 2.24) is 0 Å². The van der Waals surface area contributed by atoms with Crippen molar-refractivity contribution in [2.75, 3.05) is 14.2 Å². The Labute approximate surface area is 95.5 Å². The predicted molar refractivity (Wildman–Crippen MR) is 63.0 cm³/mol. The minimum Gasteiger partial charge on any atom is -0.496 e. The number of methoxy groups -OCH3 is 2. The lowest BCUT2D eigenvalue weighted by Gasteiger charge is -2.13. The van der Waals surface area contributed by atoms with E-state index in [0.29, 0.717) is 5.88 Å². The number of ether oxygens (including phenoxy) is 2. The van der Waals surface area contributed by atoms with E-state index in [2.05, 4.69) is 6.58 Å². The van der Waals surface area contributed by atoms with Crippen molar-refractivity contribution >= 4 is 11.6 Å². The maximum atomic E-state index is 5.78. The third-order valence-electron chi connectivity index (χ3n) is 2.17. The van der Waals surface area contributed by atoms with Crippen molar-refractivity contribution in [2.24, 2.45) is 0 Å². The molecule has 0 saturated carbocycles. The minimum absolute atomic E-state index is 0.446. The van der Waals surface area contributed by atoms with Gasteiger partial charge in [-0.1, -0.05) is 6.08 Å². The lowest BCUT2D eigenvalue weighted by atomic mass is 10.1. The van der Waals surface area contributed by atoms with E-state index in [0.717, 1.165) is 29.0 Å². The monoisotopic (exact) mass is 226 g/mol. The molecule has 1 rings (SSSR count). The first kappa shape index (κ1) is 11.9. The Morgan fingerprint density at radius 1 is 1.27 bits per heavy atom. The van der Waals surface area contributed by atoms with Crippen LogP contribution in [-0.4, -0.2) is 14.2 Å². The number of halogens is 1. The van der Waals surface area contributed by atoms with Crippen LogP contribution in [0.1, 0.15) is 11.1 Å². The van der Waals surface area contributed by atoms with Crippen LogP contribution in [0.3, 0.4) is 0 Å². The molecule has 0 spiro atoms. The molecule has 0 aliphatic rings. The van der Waals surface area contributed by atoms with Gasteiger partial charge in [-0.15, -0.1) is 18.2 Å². The Kier molecular flexibility index (Phi) is 4.50. The minimum atomic E-state index is 0.446. The van der Waals surface area contributed by atoms with Gasteiger partial charge in [-0.05, 0) is 24.1 Å². The second-order valence-electron chi connectivity index (χ2n) is 3.11. The zero-order chi connectivity index (χ0) is 11.3. The smallest absolute Gasteiger partial charge is 0.126 e. The maximum Gasteiger partial charge on any atom is 0.126 e. The molecule has 0 amide bonds. The number of hydrogen-bond acceptors (Lipinski definition) is 2. The van der Waals surface area contributed by atoms with Gasteiger partial charge in [0.2, 0.25) is 0 Å². The molecule has 3 heteroatoms. The number of benzene rings is 1. The second kappa shape index (κ2) is 5.66. The first-order valence-corrected chi connectivity index (χ1v) is 5.20. The molecule has 0 unspecified atom stereocenters. The van der Waals surface area contributed by atoms with Crippen LogP contribution in [0.15, 0.2) is 24.8 Å². The fourth-order valence-corrected chi connectivity index (χ4v) is 1.62. The van der Waals surface area contributed by atoms with E-state index in [-0.39, 0.29) is 0 Å². The summed E-state index contributed by atoms with van der Waals surface area (Å²) in [7, 11) is 3.28. The average molecular weight is 227 g/mol. The first-order valence-electron chi connectivity index (χ1n) is 4.67. The van der Waals surface area contributed by atoms with E-state index >= 15 is 0 Å². The molecule has 0 bridgehead atoms. The summed E-state index contributed by atoms with van der Waals surface area (Å²) in [5, 5.41) is 0. The highest BCUT2D eigenvalue weighted by molar-refractivity contribution is 6.17. The van der Waals surface area contributed by atoms with Crippen molar-refractivity contribution < 1.29 is 9.47 Å². The Morgan fingerprint density at radius 2 is 1.80 bits per heavy atom. The summed E-state index contributed by atoms with van der Waals surface area (Å²) in [6.45, 7) is 3.71. The lowest BCUT2D eigenvalue weighted by molar-refractivity contribution is 0.386. The fraction of sp³-hybridized carbons (Fsp3) is 0.333. The van der Waals surface area contributed by atoms with E-state index < -0.39 is 0 Å². The SMILES string of the molecule is C=CCc1c(OC)cc(CCl)cc1OC. The summed E-state index contributed by atoms with van der Waals surface area (Å²) in [6.07, 6.45) is 2.54. The first-order chi connectivity index (χ1) is 7.26. The van der Waals surface area contributed by atoms with Crippen molar-refractivity contribution in [1.29, 1.82) is 0 Å². The van der Waals surface area contributed by atoms with Crippen molar-refractivity contribution in [3.63, 3.8) is 0 Å². The molecule has 0 heterocycles. The Balaban J connectivity index is 3.25. The van der Waals surface area contributed by atoms with Crippen LogP contribution in [-0.2, 0) is 12.3 Å². The van der Waals surface area contributed by atoms with Crippen molar-refractivity contribution in [3.8, 4) is 11.5 Å². The lowest BCUT2D eigenvalue weighted by Crippen LogP contribution is -1.97. The van der Waals surface area contributed by atoms with Gasteiger partial charge in [0.1, 0.15) is 11.5 Å². The van der Waals surface area contributed by atoms with Gasteiger partial charge >= 0.3 is 0 Å². The standard InChI is InChI=1S/C12H15ClO2/c1-4-5-10-11(14-2)6-9(8-13)7-12(10)15-3/h4,6-7H,1,5,8H2,2-3H3. The van der Waals surface area contributed by atoms with Gasteiger partial charge in [-0.25, -0.2) is 0 Å². The molecule has 15 heavy (non-hydrogen) atoms. The average Bonchev–Trinajstić information content (AvgIpc) is 2.29. The molecule has 0 radical (unpaired) electrons. The van der Waals surface area contributed by atoms with Crippen LogP contribution >= 0.6 is 11.6 Å². The van der Waals surface area contributed by atoms with Gasteiger partial charge in [0.15, 0.2) is 0 Å². The molecule has 0 aliphatic carbocycles. The van der Waals surface area contributed by atoms with Gasteiger partial charge in [0.25, 0.3) is 0 Å². The van der Waals surface area contributed by atoms with Crippen LogP contribution in [0.5, 0.6) is 11.5 Å². The number of allylic oxidation sites excluding steroid dienone is 1. The molecule has 0 saturated heterocycles. The maximum absolute atomic E-state index is 5.78. The highest BCUT2D eigenvalue weighted by atomic mass is 35.5. The van der Waals surface area contributed by atoms with Crippen molar-refractivity contribution in [3.05, 3.63) is 35.9 Å². The topological polar surface area (TPSA) is 18.5 Å². The summed E-state index contributed by atoms with van der Waals surface area (Å²) in [5.41, 5.74) is 1.99. The zero-order valence-electron chi connectivity index (χ0n) is 9.05. The molecule has 0 fully saturated rings. The van der Waals surface area contributed by atoms with Crippen molar-refractivity contribution in [2.45, 2.75) is 12.3 Å². The summed E-state index contributed by atoms with van der Waals surface area (Å²) >= 11 is 5.78. The molecule has 0 atom stereocenters. The molecular weight excluding hydrogens is 212 g/mol. The Hall–Kier alpha value is -1.15. The number of hydrogen-bond donors (Lipinski definition) is 0. The van der Waals surface area contributed by atoms with E-state index in [1.54, 1.807) is 14.2 Å². The Morgan fingerprint density at radius 3 is 2.13 bits per heavy atom. The molecule has 1 aromatic rings. The molecule has 1 aromatic carbocycles. The third-order valence-corrected chi connectivity index (χ3v) is 2.48. The largest absolute Gasteiger partial charge is 0.496 e. The van der Waals surface area contributed by atoms with Gasteiger partial charge < -0.3 is 9.47 Å². The van der Waals surface area contributed by atoms with Gasteiger partial charge in [0, 0.05) is 11.4 Å². The van der Waals surface area contributed by atoms with E-state index in [4.69, 9.17) is 21.1 Å². The van der Waals surface area contributed by atoms with Crippen LogP contribution in [0, 0.1) is 0 Å². The summed E-state index contributed by atoms with van der Waals surface area (Å²) in [6, 6.07) is 3.85. The van der Waals surface area contributed by atoms with Crippen LogP contribution in [0.4, 0.5) is 0 Å². The van der Waals surface area contributed by atoms with Gasteiger partial charge in [-0.3, -0.25) is 0 Å². The molecule has 0 aliphatic heterocycles. The summed E-state index contributed by atoms with van der Waals surface area (Å²) in [5.74, 6) is 2.04. The van der Waals surface area contributed by atoms with Crippen LogP contribution in [0.2, 0.25) is 0 Å². The van der Waals surface area contributed by atoms with Crippen LogP contribution < -0.4 is 9.47 Å². The second-order valence-corrected chi connectivity index (χ2v) is 3.37. The third kappa shape index (κ3) is 2.66. The number of rotatable bonds is 5. The quantitative estimate of drug-likeness (QED) is 0.567. The summed E-state index contributed by atoms with van der Waals surface area (Å²) in [4.78, 5) is 0. The summed E-state index contributed by atoms with van der Waals surface area (Å²) < 4.78 is 10.6. The highest BCUT2D eigenvalue weighted by Crippen LogP contribution is 2.31. The fourth-order valence-electron chi connectivity index (χ4n) is 1.46. The van der Waals surface area contributed by atoms with E-state index in [1.807, 2.05) is 18.2 Å². The molecular formula is C12H15ClO2. The normalized spacial score (nSPS) is 9.80. The predicted octanol–water partition coefficient (Wildman–Crippen LogP) is 3.17. The van der Waals surface area contributed by atoms with Gasteiger partial charge in [-0.2, -0.15) is 0 Å². The Bertz CT molecular complexity index is 322. The zero-order valence-corrected chi connectivity index (χ0v) is 9.80. The number of alkyl halides is 1. The van der Waals surface area contributed by atoms with Crippen LogP contribution in [0.25, 0.3) is 0 Å². The van der Waals surface area contributed by atoms with E-state index in [1.165, 1.54) is 0 Å². The molecule has 82 valence electrons. The molecule has 2 nitrogen and oxygen atoms in total. The molecule has 0 aromatic heterocycles. The highest BCUT2D eigenvalue weighted by Gasteiger charge is 2.10. The molecule has 0 N–H and O–H groups in total. The van der Waals surface area contributed by atoms with Gasteiger partial charge in [0.05, 0.1) is 14.2 Å².